The van der Waals surface area contributed by atoms with Crippen LogP contribution in [0.5, 0.6) is 0 Å². The average molecular weight is 320 g/mol. The summed E-state index contributed by atoms with van der Waals surface area (Å²) in [5, 5.41) is 3.14. The standard InChI is InChI=1S/C13H21FN2O2S2/c1-10(2)15-9-11-4-5-12(14)8-13(11)20(17,18)16-6-7-19-3/h4-5,8,10,15-16H,6-7,9H2,1-3H3. The van der Waals surface area contributed by atoms with Gasteiger partial charge in [-0.1, -0.05) is 19.9 Å². The lowest BCUT2D eigenvalue weighted by atomic mass is 10.2. The predicted octanol–water partition coefficient (Wildman–Crippen LogP) is 1.97. The minimum atomic E-state index is -3.68. The van der Waals surface area contributed by atoms with E-state index >= 15 is 0 Å². The quantitative estimate of drug-likeness (QED) is 0.719. The van der Waals surface area contributed by atoms with E-state index < -0.39 is 15.8 Å². The van der Waals surface area contributed by atoms with Crippen molar-refractivity contribution in [3.63, 3.8) is 0 Å². The van der Waals surface area contributed by atoms with E-state index in [0.29, 0.717) is 24.4 Å². The van der Waals surface area contributed by atoms with E-state index in [0.717, 1.165) is 6.07 Å². The van der Waals surface area contributed by atoms with E-state index in [1.165, 1.54) is 12.1 Å². The Morgan fingerprint density at radius 1 is 1.35 bits per heavy atom. The molecular weight excluding hydrogens is 299 g/mol. The van der Waals surface area contributed by atoms with Crippen LogP contribution in [0.1, 0.15) is 19.4 Å². The van der Waals surface area contributed by atoms with Crippen LogP contribution in [0.4, 0.5) is 4.39 Å². The summed E-state index contributed by atoms with van der Waals surface area (Å²) >= 11 is 1.55. The number of halogens is 1. The van der Waals surface area contributed by atoms with Crippen LogP contribution in [-0.2, 0) is 16.6 Å². The Morgan fingerprint density at radius 3 is 2.65 bits per heavy atom. The van der Waals surface area contributed by atoms with Crippen LogP contribution in [0.25, 0.3) is 0 Å². The first-order chi connectivity index (χ1) is 9.36. The molecule has 0 atom stereocenters. The van der Waals surface area contributed by atoms with Crippen molar-refractivity contribution in [3.05, 3.63) is 29.6 Å². The van der Waals surface area contributed by atoms with Gasteiger partial charge in [0.25, 0.3) is 0 Å². The monoisotopic (exact) mass is 320 g/mol. The normalized spacial score (nSPS) is 12.1. The van der Waals surface area contributed by atoms with Crippen LogP contribution in [0.2, 0.25) is 0 Å². The second-order valence-corrected chi connectivity index (χ2v) is 7.40. The first-order valence-corrected chi connectivity index (χ1v) is 9.25. The molecule has 0 amide bonds. The molecule has 2 N–H and O–H groups in total. The summed E-state index contributed by atoms with van der Waals surface area (Å²) in [6.45, 7) is 4.65. The Hall–Kier alpha value is -0.630. The molecule has 20 heavy (non-hydrogen) atoms. The molecule has 0 spiro atoms. The van der Waals surface area contributed by atoms with Crippen LogP contribution in [0.15, 0.2) is 23.1 Å². The molecule has 0 aliphatic carbocycles. The lowest BCUT2D eigenvalue weighted by molar-refractivity contribution is 0.563. The van der Waals surface area contributed by atoms with Gasteiger partial charge in [0.05, 0.1) is 4.90 Å². The number of sulfonamides is 1. The van der Waals surface area contributed by atoms with Gasteiger partial charge in [-0.3, -0.25) is 0 Å². The summed E-state index contributed by atoms with van der Waals surface area (Å²) in [5.74, 6) is 0.122. The van der Waals surface area contributed by atoms with Crippen LogP contribution in [0.3, 0.4) is 0 Å². The summed E-state index contributed by atoms with van der Waals surface area (Å²) in [7, 11) is -3.68. The molecule has 0 aromatic heterocycles. The molecule has 0 saturated heterocycles. The van der Waals surface area contributed by atoms with Crippen molar-refractivity contribution < 1.29 is 12.8 Å². The van der Waals surface area contributed by atoms with Crippen LogP contribution >= 0.6 is 11.8 Å². The van der Waals surface area contributed by atoms with Gasteiger partial charge in [-0.2, -0.15) is 11.8 Å². The molecule has 4 nitrogen and oxygen atoms in total. The van der Waals surface area contributed by atoms with Crippen molar-refractivity contribution in [1.82, 2.24) is 10.0 Å². The molecule has 0 aliphatic rings. The van der Waals surface area contributed by atoms with E-state index in [1.54, 1.807) is 11.8 Å². The van der Waals surface area contributed by atoms with E-state index in [-0.39, 0.29) is 10.9 Å². The maximum atomic E-state index is 13.3. The van der Waals surface area contributed by atoms with Crippen molar-refractivity contribution in [2.75, 3.05) is 18.6 Å². The maximum absolute atomic E-state index is 13.3. The molecule has 1 aromatic rings. The lowest BCUT2D eigenvalue weighted by Gasteiger charge is -2.14. The second kappa shape index (κ2) is 7.97. The minimum absolute atomic E-state index is 0.00625. The van der Waals surface area contributed by atoms with Crippen molar-refractivity contribution in [2.24, 2.45) is 0 Å². The molecule has 1 aromatic carbocycles. The molecule has 0 heterocycles. The largest absolute Gasteiger partial charge is 0.310 e. The SMILES string of the molecule is CSCCNS(=O)(=O)c1cc(F)ccc1CNC(C)C. The van der Waals surface area contributed by atoms with Gasteiger partial charge in [0.1, 0.15) is 5.82 Å². The van der Waals surface area contributed by atoms with Crippen molar-refractivity contribution >= 4 is 21.8 Å². The summed E-state index contributed by atoms with van der Waals surface area (Å²) in [4.78, 5) is 0.00625. The number of nitrogens with one attached hydrogen (secondary N) is 2. The number of hydrogen-bond donors (Lipinski definition) is 2. The zero-order valence-electron chi connectivity index (χ0n) is 11.9. The molecule has 0 aliphatic heterocycles. The fraction of sp³-hybridized carbons (Fsp3) is 0.538. The van der Waals surface area contributed by atoms with Crippen LogP contribution in [0, 0.1) is 5.82 Å². The highest BCUT2D eigenvalue weighted by Crippen LogP contribution is 2.17. The van der Waals surface area contributed by atoms with Crippen LogP contribution < -0.4 is 10.0 Å². The first-order valence-electron chi connectivity index (χ1n) is 6.37. The highest BCUT2D eigenvalue weighted by Gasteiger charge is 2.18. The summed E-state index contributed by atoms with van der Waals surface area (Å²) in [6, 6.07) is 4.07. The van der Waals surface area contributed by atoms with Crippen molar-refractivity contribution in [1.29, 1.82) is 0 Å². The fourth-order valence-corrected chi connectivity index (χ4v) is 3.31. The molecular formula is C13H21FN2O2S2. The van der Waals surface area contributed by atoms with E-state index in [9.17, 15) is 12.8 Å². The average Bonchev–Trinajstić information content (AvgIpc) is 2.37. The molecule has 7 heteroatoms. The first kappa shape index (κ1) is 17.4. The third-order valence-electron chi connectivity index (χ3n) is 2.62. The molecule has 0 unspecified atom stereocenters. The van der Waals surface area contributed by atoms with Gasteiger partial charge in [-0.25, -0.2) is 17.5 Å². The summed E-state index contributed by atoms with van der Waals surface area (Å²) in [5.41, 5.74) is 0.566. The second-order valence-electron chi connectivity index (χ2n) is 4.68. The van der Waals surface area contributed by atoms with Gasteiger partial charge in [-0.15, -0.1) is 0 Å². The van der Waals surface area contributed by atoms with E-state index in [1.807, 2.05) is 20.1 Å². The summed E-state index contributed by atoms with van der Waals surface area (Å²) in [6.07, 6.45) is 1.90. The molecule has 0 fully saturated rings. The molecule has 0 radical (unpaired) electrons. The maximum Gasteiger partial charge on any atom is 0.241 e. The van der Waals surface area contributed by atoms with Crippen molar-refractivity contribution in [3.8, 4) is 0 Å². The third kappa shape index (κ3) is 5.40. The minimum Gasteiger partial charge on any atom is -0.310 e. The number of hydrogen-bond acceptors (Lipinski definition) is 4. The van der Waals surface area contributed by atoms with Crippen molar-refractivity contribution in [2.45, 2.75) is 31.3 Å². The van der Waals surface area contributed by atoms with E-state index in [4.69, 9.17) is 0 Å². The molecule has 1 rings (SSSR count). The molecule has 0 bridgehead atoms. The Kier molecular flexibility index (Phi) is 6.94. The third-order valence-corrected chi connectivity index (χ3v) is 4.77. The van der Waals surface area contributed by atoms with Gasteiger partial charge >= 0.3 is 0 Å². The summed E-state index contributed by atoms with van der Waals surface area (Å²) < 4.78 is 40.3. The smallest absolute Gasteiger partial charge is 0.241 e. The highest BCUT2D eigenvalue weighted by molar-refractivity contribution is 7.98. The zero-order chi connectivity index (χ0) is 15.2. The number of benzene rings is 1. The molecule has 0 saturated carbocycles. The fourth-order valence-electron chi connectivity index (χ4n) is 1.59. The van der Waals surface area contributed by atoms with Gasteiger partial charge in [0.15, 0.2) is 0 Å². The Morgan fingerprint density at radius 2 is 2.05 bits per heavy atom. The molecule has 114 valence electrons. The van der Waals surface area contributed by atoms with E-state index in [2.05, 4.69) is 10.0 Å². The van der Waals surface area contributed by atoms with Crippen LogP contribution in [-0.4, -0.2) is 33.0 Å². The van der Waals surface area contributed by atoms with Gasteiger partial charge in [0, 0.05) is 24.9 Å². The Balaban J connectivity index is 2.98. The highest BCUT2D eigenvalue weighted by atomic mass is 32.2. The topological polar surface area (TPSA) is 58.2 Å². The lowest BCUT2D eigenvalue weighted by Crippen LogP contribution is -2.29. The van der Waals surface area contributed by atoms with Gasteiger partial charge in [-0.05, 0) is 24.0 Å². The Bertz CT molecular complexity index is 533. The van der Waals surface area contributed by atoms with Gasteiger partial charge < -0.3 is 5.32 Å². The number of thioether (sulfide) groups is 1. The number of rotatable bonds is 8. The predicted molar refractivity (Wildman–Crippen MR) is 81.9 cm³/mol. The van der Waals surface area contributed by atoms with Gasteiger partial charge in [0.2, 0.25) is 10.0 Å². The zero-order valence-corrected chi connectivity index (χ0v) is 13.6. The Labute approximate surface area is 124 Å².